The summed E-state index contributed by atoms with van der Waals surface area (Å²) in [5.74, 6) is 3.26. The van der Waals surface area contributed by atoms with Crippen molar-refractivity contribution in [2.45, 2.75) is 38.7 Å². The maximum Gasteiger partial charge on any atom is 0.224 e. The number of hydrogen-bond acceptors (Lipinski definition) is 6. The zero-order valence-corrected chi connectivity index (χ0v) is 17.1. The molecule has 6 heteroatoms. The highest BCUT2D eigenvalue weighted by atomic mass is 16.5. The van der Waals surface area contributed by atoms with E-state index in [1.807, 2.05) is 54.6 Å². The zero-order valence-electron chi connectivity index (χ0n) is 17.1. The van der Waals surface area contributed by atoms with Crippen LogP contribution in [0.5, 0.6) is 11.5 Å². The molecule has 2 aromatic carbocycles. The SMILES string of the molecule is OCc1cnc(NCC2CCCCC2)nc1Nc1ccccc1Oc1ccccc1. The highest BCUT2D eigenvalue weighted by Gasteiger charge is 2.15. The molecule has 0 unspecified atom stereocenters. The summed E-state index contributed by atoms with van der Waals surface area (Å²) in [5.41, 5.74) is 1.40. The van der Waals surface area contributed by atoms with Crippen LogP contribution in [-0.2, 0) is 6.61 Å². The molecule has 30 heavy (non-hydrogen) atoms. The van der Waals surface area contributed by atoms with Gasteiger partial charge >= 0.3 is 0 Å². The van der Waals surface area contributed by atoms with Crippen molar-refractivity contribution in [2.75, 3.05) is 17.2 Å². The molecule has 6 nitrogen and oxygen atoms in total. The Morgan fingerprint density at radius 2 is 1.73 bits per heavy atom. The fourth-order valence-electron chi connectivity index (χ4n) is 3.74. The zero-order chi connectivity index (χ0) is 20.6. The molecule has 1 saturated carbocycles. The summed E-state index contributed by atoms with van der Waals surface area (Å²) >= 11 is 0. The Morgan fingerprint density at radius 3 is 2.53 bits per heavy atom. The molecule has 3 N–H and O–H groups in total. The third kappa shape index (κ3) is 5.27. The van der Waals surface area contributed by atoms with Gasteiger partial charge in [0.15, 0.2) is 5.75 Å². The number of nitrogens with one attached hydrogen (secondary N) is 2. The molecule has 1 aliphatic rings. The largest absolute Gasteiger partial charge is 0.455 e. The second-order valence-electron chi connectivity index (χ2n) is 7.65. The summed E-state index contributed by atoms with van der Waals surface area (Å²) in [5, 5.41) is 16.4. The number of aromatic nitrogens is 2. The lowest BCUT2D eigenvalue weighted by Gasteiger charge is -2.22. The average molecular weight is 405 g/mol. The van der Waals surface area contributed by atoms with Gasteiger partial charge in [0.1, 0.15) is 11.6 Å². The maximum atomic E-state index is 9.75. The number of aliphatic hydroxyl groups excluding tert-OH is 1. The molecule has 0 radical (unpaired) electrons. The van der Waals surface area contributed by atoms with Crippen LogP contribution in [0.3, 0.4) is 0 Å². The topological polar surface area (TPSA) is 79.3 Å². The fourth-order valence-corrected chi connectivity index (χ4v) is 3.74. The highest BCUT2D eigenvalue weighted by molar-refractivity contribution is 5.67. The van der Waals surface area contributed by atoms with E-state index in [0.29, 0.717) is 29.0 Å². The van der Waals surface area contributed by atoms with Crippen molar-refractivity contribution in [1.82, 2.24) is 9.97 Å². The van der Waals surface area contributed by atoms with Crippen LogP contribution in [0.4, 0.5) is 17.5 Å². The first-order chi connectivity index (χ1) is 14.8. The van der Waals surface area contributed by atoms with Crippen LogP contribution in [0.15, 0.2) is 60.8 Å². The fraction of sp³-hybridized carbons (Fsp3) is 0.333. The molecular weight excluding hydrogens is 376 g/mol. The lowest BCUT2D eigenvalue weighted by molar-refractivity contribution is 0.281. The first-order valence-electron chi connectivity index (χ1n) is 10.6. The molecule has 0 spiro atoms. The first kappa shape index (κ1) is 20.2. The number of ether oxygens (including phenoxy) is 1. The third-order valence-corrected chi connectivity index (χ3v) is 5.42. The van der Waals surface area contributed by atoms with Crippen molar-refractivity contribution in [2.24, 2.45) is 5.92 Å². The molecule has 156 valence electrons. The van der Waals surface area contributed by atoms with Crippen molar-refractivity contribution in [1.29, 1.82) is 0 Å². The smallest absolute Gasteiger partial charge is 0.224 e. The molecule has 0 saturated heterocycles. The standard InChI is InChI=1S/C24H28N4O2/c29-17-19-16-26-24(25-15-18-9-3-1-4-10-18)28-23(19)27-21-13-7-8-14-22(21)30-20-11-5-2-6-12-20/h2,5-8,11-14,16,18,29H,1,3-4,9-10,15,17H2,(H2,25,26,27,28). The van der Waals surface area contributed by atoms with E-state index in [1.165, 1.54) is 32.1 Å². The summed E-state index contributed by atoms with van der Waals surface area (Å²) in [7, 11) is 0. The van der Waals surface area contributed by atoms with Crippen molar-refractivity contribution in [3.8, 4) is 11.5 Å². The van der Waals surface area contributed by atoms with Crippen LogP contribution >= 0.6 is 0 Å². The summed E-state index contributed by atoms with van der Waals surface area (Å²) in [6.45, 7) is 0.735. The Labute approximate surface area is 177 Å². The Hall–Kier alpha value is -3.12. The molecular formula is C24H28N4O2. The van der Waals surface area contributed by atoms with Gasteiger partial charge in [-0.25, -0.2) is 4.98 Å². The Morgan fingerprint density at radius 1 is 0.967 bits per heavy atom. The van der Waals surface area contributed by atoms with Crippen molar-refractivity contribution in [3.63, 3.8) is 0 Å². The number of hydrogen-bond donors (Lipinski definition) is 3. The Kier molecular flexibility index (Phi) is 6.77. The van der Waals surface area contributed by atoms with Gasteiger partial charge < -0.3 is 20.5 Å². The molecule has 1 aromatic heterocycles. The van der Waals surface area contributed by atoms with Crippen LogP contribution in [-0.4, -0.2) is 21.6 Å². The minimum absolute atomic E-state index is 0.146. The molecule has 0 aliphatic heterocycles. The van der Waals surface area contributed by atoms with E-state index in [0.717, 1.165) is 18.0 Å². The van der Waals surface area contributed by atoms with E-state index in [-0.39, 0.29) is 6.61 Å². The number of anilines is 3. The maximum absolute atomic E-state index is 9.75. The molecule has 1 aliphatic carbocycles. The van der Waals surface area contributed by atoms with E-state index < -0.39 is 0 Å². The Bertz CT molecular complexity index is 943. The van der Waals surface area contributed by atoms with Gasteiger partial charge in [0.05, 0.1) is 12.3 Å². The average Bonchev–Trinajstić information content (AvgIpc) is 2.80. The third-order valence-electron chi connectivity index (χ3n) is 5.42. The second kappa shape index (κ2) is 10.1. The van der Waals surface area contributed by atoms with E-state index in [2.05, 4.69) is 20.6 Å². The lowest BCUT2D eigenvalue weighted by Crippen LogP contribution is -2.18. The van der Waals surface area contributed by atoms with Crippen molar-refractivity contribution < 1.29 is 9.84 Å². The number of benzene rings is 2. The second-order valence-corrected chi connectivity index (χ2v) is 7.65. The normalized spacial score (nSPS) is 14.3. The minimum atomic E-state index is -0.146. The molecule has 0 amide bonds. The van der Waals surface area contributed by atoms with E-state index in [4.69, 9.17) is 4.74 Å². The van der Waals surface area contributed by atoms with Crippen LogP contribution in [0, 0.1) is 5.92 Å². The Balaban J connectivity index is 1.50. The first-order valence-corrected chi connectivity index (χ1v) is 10.6. The monoisotopic (exact) mass is 404 g/mol. The van der Waals surface area contributed by atoms with Gasteiger partial charge in [0.25, 0.3) is 0 Å². The number of rotatable bonds is 8. The molecule has 0 bridgehead atoms. The summed E-state index contributed by atoms with van der Waals surface area (Å²) in [4.78, 5) is 9.00. The van der Waals surface area contributed by atoms with Crippen LogP contribution < -0.4 is 15.4 Å². The summed E-state index contributed by atoms with van der Waals surface area (Å²) in [6.07, 6.45) is 8.15. The number of para-hydroxylation sites is 3. The molecule has 3 aromatic rings. The minimum Gasteiger partial charge on any atom is -0.455 e. The summed E-state index contributed by atoms with van der Waals surface area (Å²) in [6, 6.07) is 17.3. The van der Waals surface area contributed by atoms with Crippen LogP contribution in [0.1, 0.15) is 37.7 Å². The van der Waals surface area contributed by atoms with Crippen molar-refractivity contribution in [3.05, 3.63) is 66.4 Å². The number of aliphatic hydroxyl groups is 1. The molecule has 1 heterocycles. The van der Waals surface area contributed by atoms with Gasteiger partial charge in [-0.2, -0.15) is 4.98 Å². The molecule has 1 fully saturated rings. The van der Waals surface area contributed by atoms with E-state index >= 15 is 0 Å². The van der Waals surface area contributed by atoms with E-state index in [9.17, 15) is 5.11 Å². The lowest BCUT2D eigenvalue weighted by atomic mass is 9.89. The van der Waals surface area contributed by atoms with Gasteiger partial charge in [0.2, 0.25) is 5.95 Å². The van der Waals surface area contributed by atoms with E-state index in [1.54, 1.807) is 6.20 Å². The van der Waals surface area contributed by atoms with Crippen LogP contribution in [0.25, 0.3) is 0 Å². The van der Waals surface area contributed by atoms with Gasteiger partial charge in [0, 0.05) is 18.3 Å². The van der Waals surface area contributed by atoms with Crippen molar-refractivity contribution >= 4 is 17.5 Å². The quantitative estimate of drug-likeness (QED) is 0.460. The molecule has 4 rings (SSSR count). The highest BCUT2D eigenvalue weighted by Crippen LogP contribution is 2.32. The predicted octanol–water partition coefficient (Wildman–Crippen LogP) is 5.50. The summed E-state index contributed by atoms with van der Waals surface area (Å²) < 4.78 is 6.03. The van der Waals surface area contributed by atoms with Gasteiger partial charge in [-0.15, -0.1) is 0 Å². The predicted molar refractivity (Wildman–Crippen MR) is 119 cm³/mol. The van der Waals surface area contributed by atoms with Crippen LogP contribution in [0.2, 0.25) is 0 Å². The van der Waals surface area contributed by atoms with Gasteiger partial charge in [-0.3, -0.25) is 0 Å². The van der Waals surface area contributed by atoms with Gasteiger partial charge in [-0.05, 0) is 43.0 Å². The molecule has 0 atom stereocenters. The number of nitrogens with zero attached hydrogens (tertiary/aromatic N) is 2. The van der Waals surface area contributed by atoms with Gasteiger partial charge in [-0.1, -0.05) is 49.6 Å².